The average molecular weight is 313 g/mol. The van der Waals surface area contributed by atoms with Gasteiger partial charge in [0.25, 0.3) is 5.91 Å². The number of hydrogen-bond donors (Lipinski definition) is 1. The summed E-state index contributed by atoms with van der Waals surface area (Å²) in [5, 5.41) is 2.79. The van der Waals surface area contributed by atoms with E-state index in [0.29, 0.717) is 29.2 Å². The van der Waals surface area contributed by atoms with Gasteiger partial charge in [0, 0.05) is 5.69 Å². The molecule has 0 spiro atoms. The number of rotatable bonds is 5. The van der Waals surface area contributed by atoms with E-state index in [4.69, 9.17) is 9.47 Å². The molecule has 0 bridgehead atoms. The van der Waals surface area contributed by atoms with E-state index in [-0.39, 0.29) is 11.9 Å². The third-order valence-corrected chi connectivity index (χ3v) is 3.31. The van der Waals surface area contributed by atoms with Gasteiger partial charge in [-0.15, -0.1) is 0 Å². The van der Waals surface area contributed by atoms with Crippen LogP contribution in [0, 0.1) is 6.92 Å². The topological polar surface area (TPSA) is 64.6 Å². The largest absolute Gasteiger partial charge is 0.496 e. The minimum Gasteiger partial charge on any atom is -0.496 e. The number of anilines is 1. The zero-order chi connectivity index (χ0) is 16.8. The van der Waals surface area contributed by atoms with Gasteiger partial charge in [0.1, 0.15) is 5.75 Å². The normalized spacial score (nSPS) is 10.0. The van der Waals surface area contributed by atoms with E-state index in [9.17, 15) is 9.59 Å². The van der Waals surface area contributed by atoms with Gasteiger partial charge in [-0.1, -0.05) is 12.1 Å². The molecule has 2 aromatic carbocycles. The summed E-state index contributed by atoms with van der Waals surface area (Å²) in [6.07, 6.45) is 0. The molecule has 23 heavy (non-hydrogen) atoms. The van der Waals surface area contributed by atoms with Gasteiger partial charge < -0.3 is 14.8 Å². The van der Waals surface area contributed by atoms with Crippen molar-refractivity contribution in [3.8, 4) is 5.75 Å². The number of hydrogen-bond acceptors (Lipinski definition) is 4. The van der Waals surface area contributed by atoms with Crippen LogP contribution in [0.5, 0.6) is 5.75 Å². The SMILES string of the molecule is CCOC(=O)c1ccc(NC(=O)c2cccc(C)c2OC)cc1. The van der Waals surface area contributed by atoms with Gasteiger partial charge in [0.05, 0.1) is 24.8 Å². The minimum absolute atomic E-state index is 0.269. The standard InChI is InChI=1S/C18H19NO4/c1-4-23-18(21)13-8-10-14(11-9-13)19-17(20)15-7-5-6-12(2)16(15)22-3/h5-11H,4H2,1-3H3,(H,19,20). The van der Waals surface area contributed by atoms with Crippen LogP contribution >= 0.6 is 0 Å². The zero-order valence-corrected chi connectivity index (χ0v) is 13.4. The number of ether oxygens (including phenoxy) is 2. The van der Waals surface area contributed by atoms with Crippen LogP contribution in [0.25, 0.3) is 0 Å². The summed E-state index contributed by atoms with van der Waals surface area (Å²) >= 11 is 0. The second kappa shape index (κ2) is 7.45. The van der Waals surface area contributed by atoms with Gasteiger partial charge in [0.15, 0.2) is 0 Å². The highest BCUT2D eigenvalue weighted by Crippen LogP contribution is 2.24. The van der Waals surface area contributed by atoms with Gasteiger partial charge in [-0.05, 0) is 49.7 Å². The highest BCUT2D eigenvalue weighted by Gasteiger charge is 2.14. The van der Waals surface area contributed by atoms with Crippen LogP contribution < -0.4 is 10.1 Å². The molecule has 1 N–H and O–H groups in total. The molecule has 0 aromatic heterocycles. The number of para-hydroxylation sites is 1. The van der Waals surface area contributed by atoms with Crippen LogP contribution in [0.15, 0.2) is 42.5 Å². The predicted molar refractivity (Wildman–Crippen MR) is 88.1 cm³/mol. The molecule has 0 saturated heterocycles. The zero-order valence-electron chi connectivity index (χ0n) is 13.4. The smallest absolute Gasteiger partial charge is 0.338 e. The molecule has 0 radical (unpaired) electrons. The fraction of sp³-hybridized carbons (Fsp3) is 0.222. The molecule has 0 unspecified atom stereocenters. The highest BCUT2D eigenvalue weighted by molar-refractivity contribution is 6.06. The number of aryl methyl sites for hydroxylation is 1. The predicted octanol–water partition coefficient (Wildman–Crippen LogP) is 3.43. The Hall–Kier alpha value is -2.82. The van der Waals surface area contributed by atoms with Crippen molar-refractivity contribution in [1.82, 2.24) is 0 Å². The van der Waals surface area contributed by atoms with Crippen molar-refractivity contribution in [2.75, 3.05) is 19.0 Å². The molecule has 120 valence electrons. The quantitative estimate of drug-likeness (QED) is 0.859. The molecule has 0 saturated carbocycles. The maximum atomic E-state index is 12.4. The first-order chi connectivity index (χ1) is 11.1. The summed E-state index contributed by atoms with van der Waals surface area (Å²) in [6.45, 7) is 3.95. The molecule has 2 rings (SSSR count). The van der Waals surface area contributed by atoms with Crippen molar-refractivity contribution in [2.45, 2.75) is 13.8 Å². The first-order valence-electron chi connectivity index (χ1n) is 7.29. The number of amides is 1. The molecule has 0 aliphatic carbocycles. The number of benzene rings is 2. The number of carbonyl (C=O) groups is 2. The number of esters is 1. The highest BCUT2D eigenvalue weighted by atomic mass is 16.5. The Bertz CT molecular complexity index is 707. The summed E-state index contributed by atoms with van der Waals surface area (Å²) in [7, 11) is 1.53. The second-order valence-electron chi connectivity index (χ2n) is 4.91. The van der Waals surface area contributed by atoms with Crippen LogP contribution in [-0.4, -0.2) is 25.6 Å². The molecule has 2 aromatic rings. The van der Waals surface area contributed by atoms with Crippen LogP contribution in [0.1, 0.15) is 33.2 Å². The summed E-state index contributed by atoms with van der Waals surface area (Å²) < 4.78 is 10.2. The molecule has 0 heterocycles. The fourth-order valence-electron chi connectivity index (χ4n) is 2.20. The van der Waals surface area contributed by atoms with Gasteiger partial charge in [-0.25, -0.2) is 4.79 Å². The fourth-order valence-corrected chi connectivity index (χ4v) is 2.20. The molecule has 0 aliphatic heterocycles. The van der Waals surface area contributed by atoms with Crippen LogP contribution in [0.3, 0.4) is 0 Å². The van der Waals surface area contributed by atoms with Gasteiger partial charge in [-0.2, -0.15) is 0 Å². The van der Waals surface area contributed by atoms with Gasteiger partial charge in [-0.3, -0.25) is 4.79 Å². The Balaban J connectivity index is 2.15. The van der Waals surface area contributed by atoms with E-state index in [2.05, 4.69) is 5.32 Å². The van der Waals surface area contributed by atoms with Crippen molar-refractivity contribution < 1.29 is 19.1 Å². The van der Waals surface area contributed by atoms with Crippen molar-refractivity contribution in [2.24, 2.45) is 0 Å². The summed E-state index contributed by atoms with van der Waals surface area (Å²) in [6, 6.07) is 11.9. The van der Waals surface area contributed by atoms with E-state index in [0.717, 1.165) is 5.56 Å². The minimum atomic E-state index is -0.384. The summed E-state index contributed by atoms with van der Waals surface area (Å²) in [4.78, 5) is 24.0. The van der Waals surface area contributed by atoms with Crippen molar-refractivity contribution >= 4 is 17.6 Å². The lowest BCUT2D eigenvalue weighted by atomic mass is 10.1. The lowest BCUT2D eigenvalue weighted by Crippen LogP contribution is -2.14. The third kappa shape index (κ3) is 3.88. The van der Waals surface area contributed by atoms with E-state index in [1.165, 1.54) is 7.11 Å². The van der Waals surface area contributed by atoms with E-state index in [1.54, 1.807) is 43.3 Å². The van der Waals surface area contributed by atoms with Crippen LogP contribution in [-0.2, 0) is 4.74 Å². The van der Waals surface area contributed by atoms with Crippen molar-refractivity contribution in [3.05, 3.63) is 59.2 Å². The molecule has 5 heteroatoms. The number of carbonyl (C=O) groups excluding carboxylic acids is 2. The Morgan fingerprint density at radius 3 is 2.39 bits per heavy atom. The van der Waals surface area contributed by atoms with E-state index < -0.39 is 0 Å². The lowest BCUT2D eigenvalue weighted by Gasteiger charge is -2.11. The third-order valence-electron chi connectivity index (χ3n) is 3.31. The Kier molecular flexibility index (Phi) is 5.36. The molecule has 0 atom stereocenters. The Labute approximate surface area is 135 Å². The van der Waals surface area contributed by atoms with E-state index in [1.807, 2.05) is 13.0 Å². The van der Waals surface area contributed by atoms with Crippen molar-refractivity contribution in [3.63, 3.8) is 0 Å². The van der Waals surface area contributed by atoms with Crippen molar-refractivity contribution in [1.29, 1.82) is 0 Å². The monoisotopic (exact) mass is 313 g/mol. The first kappa shape index (κ1) is 16.5. The first-order valence-corrected chi connectivity index (χ1v) is 7.29. The Morgan fingerprint density at radius 1 is 1.09 bits per heavy atom. The lowest BCUT2D eigenvalue weighted by molar-refractivity contribution is 0.0526. The van der Waals surface area contributed by atoms with Gasteiger partial charge in [0.2, 0.25) is 0 Å². The van der Waals surface area contributed by atoms with Crippen LogP contribution in [0.2, 0.25) is 0 Å². The maximum Gasteiger partial charge on any atom is 0.338 e. The molecular weight excluding hydrogens is 294 g/mol. The summed E-state index contributed by atoms with van der Waals surface area (Å²) in [5.41, 5.74) is 2.38. The second-order valence-corrected chi connectivity index (χ2v) is 4.91. The maximum absolute atomic E-state index is 12.4. The number of nitrogens with one attached hydrogen (secondary N) is 1. The molecule has 1 amide bonds. The van der Waals surface area contributed by atoms with Gasteiger partial charge >= 0.3 is 5.97 Å². The van der Waals surface area contributed by atoms with E-state index >= 15 is 0 Å². The molecule has 5 nitrogen and oxygen atoms in total. The number of methoxy groups -OCH3 is 1. The Morgan fingerprint density at radius 2 is 1.78 bits per heavy atom. The summed E-state index contributed by atoms with van der Waals surface area (Å²) in [5.74, 6) is -0.103. The molecular formula is C18H19NO4. The molecule has 0 fully saturated rings. The van der Waals surface area contributed by atoms with Crippen LogP contribution in [0.4, 0.5) is 5.69 Å². The average Bonchev–Trinajstić information content (AvgIpc) is 2.55. The molecule has 0 aliphatic rings.